The van der Waals surface area contributed by atoms with E-state index in [1.165, 1.54) is 24.8 Å². The van der Waals surface area contributed by atoms with Crippen molar-refractivity contribution >= 4 is 0 Å². The molecule has 0 heterocycles. The summed E-state index contributed by atoms with van der Waals surface area (Å²) in [6.45, 7) is 7.23. The summed E-state index contributed by atoms with van der Waals surface area (Å²) in [5.41, 5.74) is 1.89. The van der Waals surface area contributed by atoms with Crippen LogP contribution in [0.4, 0.5) is 0 Å². The van der Waals surface area contributed by atoms with Crippen LogP contribution in [-0.2, 0) is 0 Å². The highest BCUT2D eigenvalue weighted by Crippen LogP contribution is 2.61. The maximum absolute atomic E-state index is 8.96. The predicted octanol–water partition coefficient (Wildman–Crippen LogP) is 3.00. The van der Waals surface area contributed by atoms with Crippen molar-refractivity contribution in [3.8, 4) is 0 Å². The number of aliphatic hydroxyl groups is 1. The van der Waals surface area contributed by atoms with Crippen LogP contribution < -0.4 is 0 Å². The van der Waals surface area contributed by atoms with Crippen molar-refractivity contribution in [3.63, 3.8) is 0 Å². The normalized spacial score (nSPS) is 40.6. The van der Waals surface area contributed by atoms with E-state index in [9.17, 15) is 0 Å². The molecule has 2 aliphatic rings. The van der Waals surface area contributed by atoms with E-state index in [4.69, 9.17) is 5.11 Å². The summed E-state index contributed by atoms with van der Waals surface area (Å²) in [5.74, 6) is 2.56. The van der Waals surface area contributed by atoms with Crippen LogP contribution in [-0.4, -0.2) is 11.7 Å². The van der Waals surface area contributed by atoms with Gasteiger partial charge in [0.25, 0.3) is 0 Å². The van der Waals surface area contributed by atoms with E-state index < -0.39 is 0 Å². The van der Waals surface area contributed by atoms with Crippen molar-refractivity contribution in [1.82, 2.24) is 0 Å². The van der Waals surface area contributed by atoms with Gasteiger partial charge in [-0.1, -0.05) is 25.5 Å². The fraction of sp³-hybridized carbons (Fsp3) is 0.846. The van der Waals surface area contributed by atoms with Crippen LogP contribution >= 0.6 is 0 Å². The Kier molecular flexibility index (Phi) is 2.46. The first-order chi connectivity index (χ1) is 6.57. The van der Waals surface area contributed by atoms with Gasteiger partial charge in [-0.05, 0) is 49.4 Å². The number of allylic oxidation sites excluding steroid dienone is 1. The molecule has 0 saturated heterocycles. The molecule has 0 amide bonds. The molecule has 0 radical (unpaired) electrons. The summed E-state index contributed by atoms with van der Waals surface area (Å²) in [4.78, 5) is 0. The summed E-state index contributed by atoms with van der Waals surface area (Å²) >= 11 is 0. The van der Waals surface area contributed by atoms with E-state index in [1.54, 1.807) is 0 Å². The van der Waals surface area contributed by atoms with Crippen molar-refractivity contribution in [2.45, 2.75) is 40.0 Å². The van der Waals surface area contributed by atoms with Crippen LogP contribution in [0.25, 0.3) is 0 Å². The van der Waals surface area contributed by atoms with E-state index in [2.05, 4.69) is 20.8 Å². The number of rotatable bonds is 2. The van der Waals surface area contributed by atoms with Crippen molar-refractivity contribution in [1.29, 1.82) is 0 Å². The first-order valence-corrected chi connectivity index (χ1v) is 5.85. The summed E-state index contributed by atoms with van der Waals surface area (Å²) in [6.07, 6.45) is 6.28. The maximum atomic E-state index is 8.96. The van der Waals surface area contributed by atoms with E-state index >= 15 is 0 Å². The quantitative estimate of drug-likeness (QED) is 0.670. The highest BCUT2D eigenvalue weighted by Gasteiger charge is 2.52. The Morgan fingerprint density at radius 3 is 2.64 bits per heavy atom. The van der Waals surface area contributed by atoms with Crippen LogP contribution in [0.5, 0.6) is 0 Å². The Morgan fingerprint density at radius 2 is 2.14 bits per heavy atom. The number of fused-ring (bicyclic) bond motifs is 2. The molecule has 0 aliphatic heterocycles. The maximum Gasteiger partial charge on any atom is 0.0615 e. The molecule has 0 spiro atoms. The van der Waals surface area contributed by atoms with Gasteiger partial charge in [-0.3, -0.25) is 0 Å². The fourth-order valence-electron chi connectivity index (χ4n) is 4.09. The third-order valence-electron chi connectivity index (χ3n) is 4.70. The van der Waals surface area contributed by atoms with Gasteiger partial charge in [-0.15, -0.1) is 0 Å². The lowest BCUT2D eigenvalue weighted by molar-refractivity contribution is 0.149. The standard InChI is InChI=1S/C13H22O/c1-9(6-7-14)12-10-4-5-11(8-10)13(12,2)3/h6,10-12,14H,4-5,7-8H2,1-3H3/b9-6+. The van der Waals surface area contributed by atoms with Gasteiger partial charge in [-0.2, -0.15) is 0 Å². The molecule has 3 atom stereocenters. The minimum atomic E-state index is 0.204. The van der Waals surface area contributed by atoms with Crippen molar-refractivity contribution in [3.05, 3.63) is 11.6 Å². The van der Waals surface area contributed by atoms with Gasteiger partial charge in [0.05, 0.1) is 6.61 Å². The fourth-order valence-corrected chi connectivity index (χ4v) is 4.09. The second-order valence-electron chi connectivity index (χ2n) is 5.70. The first kappa shape index (κ1) is 10.2. The Balaban J connectivity index is 2.23. The third-order valence-corrected chi connectivity index (χ3v) is 4.70. The summed E-state index contributed by atoms with van der Waals surface area (Å²) in [7, 11) is 0. The third kappa shape index (κ3) is 1.33. The van der Waals surface area contributed by atoms with Gasteiger partial charge in [0.15, 0.2) is 0 Å². The lowest BCUT2D eigenvalue weighted by Gasteiger charge is -2.39. The molecule has 0 aromatic heterocycles. The lowest BCUT2D eigenvalue weighted by Crippen LogP contribution is -2.31. The topological polar surface area (TPSA) is 20.2 Å². The highest BCUT2D eigenvalue weighted by atomic mass is 16.2. The molecule has 2 saturated carbocycles. The molecular weight excluding hydrogens is 172 g/mol. The molecule has 2 rings (SSSR count). The zero-order valence-corrected chi connectivity index (χ0v) is 9.59. The van der Waals surface area contributed by atoms with E-state index in [0.717, 1.165) is 17.8 Å². The molecule has 1 heteroatoms. The smallest absolute Gasteiger partial charge is 0.0615 e. The molecule has 1 nitrogen and oxygen atoms in total. The molecule has 0 aromatic rings. The van der Waals surface area contributed by atoms with Gasteiger partial charge in [0.2, 0.25) is 0 Å². The molecule has 0 aromatic carbocycles. The number of aliphatic hydroxyl groups excluding tert-OH is 1. The van der Waals surface area contributed by atoms with Gasteiger partial charge >= 0.3 is 0 Å². The van der Waals surface area contributed by atoms with E-state index in [1.807, 2.05) is 6.08 Å². The molecule has 14 heavy (non-hydrogen) atoms. The average molecular weight is 194 g/mol. The second kappa shape index (κ2) is 3.37. The molecule has 2 fully saturated rings. The molecular formula is C13H22O. The first-order valence-electron chi connectivity index (χ1n) is 5.85. The number of hydrogen-bond donors (Lipinski definition) is 1. The van der Waals surface area contributed by atoms with Crippen LogP contribution in [0.3, 0.4) is 0 Å². The zero-order chi connectivity index (χ0) is 10.3. The average Bonchev–Trinajstić information content (AvgIpc) is 2.61. The van der Waals surface area contributed by atoms with E-state index in [0.29, 0.717) is 5.41 Å². The predicted molar refractivity (Wildman–Crippen MR) is 58.9 cm³/mol. The Bertz CT molecular complexity index is 252. The minimum Gasteiger partial charge on any atom is -0.392 e. The largest absolute Gasteiger partial charge is 0.392 e. The molecule has 3 unspecified atom stereocenters. The van der Waals surface area contributed by atoms with Gasteiger partial charge in [0.1, 0.15) is 0 Å². The molecule has 2 aliphatic carbocycles. The van der Waals surface area contributed by atoms with Crippen LogP contribution in [0.2, 0.25) is 0 Å². The van der Waals surface area contributed by atoms with Crippen molar-refractivity contribution in [2.75, 3.05) is 6.61 Å². The molecule has 1 N–H and O–H groups in total. The Hall–Kier alpha value is -0.300. The van der Waals surface area contributed by atoms with Crippen molar-refractivity contribution in [2.24, 2.45) is 23.2 Å². The van der Waals surface area contributed by atoms with Crippen LogP contribution in [0, 0.1) is 23.2 Å². The van der Waals surface area contributed by atoms with E-state index in [-0.39, 0.29) is 6.61 Å². The Morgan fingerprint density at radius 1 is 1.43 bits per heavy atom. The van der Waals surface area contributed by atoms with Crippen LogP contribution in [0.1, 0.15) is 40.0 Å². The summed E-state index contributed by atoms with van der Waals surface area (Å²) in [6, 6.07) is 0. The highest BCUT2D eigenvalue weighted by molar-refractivity contribution is 5.16. The molecule has 2 bridgehead atoms. The lowest BCUT2D eigenvalue weighted by atomic mass is 9.66. The van der Waals surface area contributed by atoms with Crippen LogP contribution in [0.15, 0.2) is 11.6 Å². The summed E-state index contributed by atoms with van der Waals surface area (Å²) in [5, 5.41) is 8.96. The van der Waals surface area contributed by atoms with Crippen molar-refractivity contribution < 1.29 is 5.11 Å². The zero-order valence-electron chi connectivity index (χ0n) is 9.59. The van der Waals surface area contributed by atoms with Gasteiger partial charge < -0.3 is 5.11 Å². The summed E-state index contributed by atoms with van der Waals surface area (Å²) < 4.78 is 0. The second-order valence-corrected chi connectivity index (χ2v) is 5.70. The minimum absolute atomic E-state index is 0.204. The van der Waals surface area contributed by atoms with Gasteiger partial charge in [0, 0.05) is 0 Å². The van der Waals surface area contributed by atoms with Gasteiger partial charge in [-0.25, -0.2) is 0 Å². The Labute approximate surface area is 87.2 Å². The monoisotopic (exact) mass is 194 g/mol. The molecule has 80 valence electrons. The number of hydrogen-bond acceptors (Lipinski definition) is 1. The SMILES string of the molecule is C/C(=C\CO)C1C2CCC(C2)C1(C)C.